The Kier molecular flexibility index (Phi) is 8.12. The van der Waals surface area contributed by atoms with Gasteiger partial charge in [-0.3, -0.25) is 4.79 Å². The number of amides is 1. The van der Waals surface area contributed by atoms with Crippen LogP contribution in [0.3, 0.4) is 0 Å². The molecule has 4 aromatic rings. The Hall–Kier alpha value is -4.27. The standard InChI is InChI=1S/C29H29N3O5/c1-30-16-19-4-3-5-20(12-19)21-8-11-26-24(14-21)25(29(35)36)15-27(32-26)28(34)31-22(17-37-2)13-18-6-9-23(33)10-7-18/h3-12,14-15,22,30,33H,13,16-17H2,1-2H3,(H,31,34)(H,35,36)/t22-/m0/s1. The number of benzene rings is 3. The Labute approximate surface area is 214 Å². The van der Waals surface area contributed by atoms with Gasteiger partial charge < -0.3 is 25.6 Å². The number of carboxylic acids is 1. The van der Waals surface area contributed by atoms with Crippen LogP contribution in [0.1, 0.15) is 32.0 Å². The smallest absolute Gasteiger partial charge is 0.336 e. The molecular formula is C29H29N3O5. The minimum atomic E-state index is -1.14. The van der Waals surface area contributed by atoms with Gasteiger partial charge in [0.05, 0.1) is 23.7 Å². The molecule has 1 amide bonds. The van der Waals surface area contributed by atoms with E-state index in [9.17, 15) is 19.8 Å². The molecule has 1 atom stereocenters. The molecular weight excluding hydrogens is 470 g/mol. The Morgan fingerprint density at radius 2 is 1.73 bits per heavy atom. The van der Waals surface area contributed by atoms with Crippen LogP contribution in [0.25, 0.3) is 22.0 Å². The number of phenols is 1. The van der Waals surface area contributed by atoms with Crippen molar-refractivity contribution in [2.75, 3.05) is 20.8 Å². The molecule has 190 valence electrons. The zero-order chi connectivity index (χ0) is 26.4. The third-order valence-corrected chi connectivity index (χ3v) is 6.03. The number of methoxy groups -OCH3 is 1. The highest BCUT2D eigenvalue weighted by Gasteiger charge is 2.20. The van der Waals surface area contributed by atoms with Crippen LogP contribution in [0, 0.1) is 0 Å². The number of carbonyl (C=O) groups excluding carboxylic acids is 1. The number of carbonyl (C=O) groups is 2. The van der Waals surface area contributed by atoms with Crippen LogP contribution >= 0.6 is 0 Å². The van der Waals surface area contributed by atoms with Crippen molar-refractivity contribution in [2.45, 2.75) is 19.0 Å². The van der Waals surface area contributed by atoms with Crippen molar-refractivity contribution in [1.82, 2.24) is 15.6 Å². The number of carboxylic acid groups (broad SMARTS) is 1. The summed E-state index contributed by atoms with van der Waals surface area (Å²) in [4.78, 5) is 29.7. The van der Waals surface area contributed by atoms with Gasteiger partial charge in [0.25, 0.3) is 5.91 Å². The second kappa shape index (κ2) is 11.6. The number of hydrogen-bond acceptors (Lipinski definition) is 6. The van der Waals surface area contributed by atoms with Crippen molar-refractivity contribution in [2.24, 2.45) is 0 Å². The third-order valence-electron chi connectivity index (χ3n) is 6.03. The average molecular weight is 500 g/mol. The number of phenolic OH excluding ortho intramolecular Hbond substituents is 1. The highest BCUT2D eigenvalue weighted by molar-refractivity contribution is 6.06. The number of pyridine rings is 1. The van der Waals surface area contributed by atoms with Crippen molar-refractivity contribution >= 4 is 22.8 Å². The summed E-state index contributed by atoms with van der Waals surface area (Å²) < 4.78 is 5.27. The summed E-state index contributed by atoms with van der Waals surface area (Å²) in [5.41, 5.74) is 4.28. The SMILES string of the molecule is CNCc1cccc(-c2ccc3nc(C(=O)N[C@H](COC)Cc4ccc(O)cc4)cc(C(=O)O)c3c2)c1. The fourth-order valence-corrected chi connectivity index (χ4v) is 4.29. The fourth-order valence-electron chi connectivity index (χ4n) is 4.29. The van der Waals surface area contributed by atoms with E-state index in [1.807, 2.05) is 31.3 Å². The van der Waals surface area contributed by atoms with Crippen LogP contribution in [-0.2, 0) is 17.7 Å². The molecule has 1 aromatic heterocycles. The van der Waals surface area contributed by atoms with Gasteiger partial charge in [0.1, 0.15) is 11.4 Å². The molecule has 0 aliphatic carbocycles. The van der Waals surface area contributed by atoms with Gasteiger partial charge >= 0.3 is 5.97 Å². The van der Waals surface area contributed by atoms with Crippen molar-refractivity contribution < 1.29 is 24.5 Å². The van der Waals surface area contributed by atoms with E-state index in [0.717, 1.165) is 28.8 Å². The summed E-state index contributed by atoms with van der Waals surface area (Å²) in [6, 6.07) is 21.1. The van der Waals surface area contributed by atoms with E-state index in [-0.39, 0.29) is 29.7 Å². The number of nitrogens with zero attached hydrogens (tertiary/aromatic N) is 1. The molecule has 0 unspecified atom stereocenters. The lowest BCUT2D eigenvalue weighted by atomic mass is 9.98. The molecule has 8 nitrogen and oxygen atoms in total. The largest absolute Gasteiger partial charge is 0.508 e. The lowest BCUT2D eigenvalue weighted by molar-refractivity contribution is 0.0699. The van der Waals surface area contributed by atoms with Crippen molar-refractivity contribution in [3.63, 3.8) is 0 Å². The van der Waals surface area contributed by atoms with Gasteiger partial charge in [-0.15, -0.1) is 0 Å². The molecule has 0 saturated heterocycles. The minimum absolute atomic E-state index is 0.00482. The van der Waals surface area contributed by atoms with Crippen molar-refractivity contribution in [3.05, 3.63) is 95.2 Å². The molecule has 4 rings (SSSR count). The minimum Gasteiger partial charge on any atom is -0.508 e. The van der Waals surface area contributed by atoms with Gasteiger partial charge in [-0.05, 0) is 72.1 Å². The van der Waals surface area contributed by atoms with Crippen LogP contribution in [-0.4, -0.2) is 53.9 Å². The molecule has 0 aliphatic rings. The lowest BCUT2D eigenvalue weighted by Crippen LogP contribution is -2.40. The van der Waals surface area contributed by atoms with Crippen molar-refractivity contribution in [1.29, 1.82) is 0 Å². The maximum Gasteiger partial charge on any atom is 0.336 e. The van der Waals surface area contributed by atoms with Crippen LogP contribution in [0.5, 0.6) is 5.75 Å². The highest BCUT2D eigenvalue weighted by Crippen LogP contribution is 2.27. The summed E-state index contributed by atoms with van der Waals surface area (Å²) in [5.74, 6) is -1.47. The Morgan fingerprint density at radius 1 is 0.973 bits per heavy atom. The van der Waals surface area contributed by atoms with E-state index in [1.165, 1.54) is 6.07 Å². The predicted molar refractivity (Wildman–Crippen MR) is 142 cm³/mol. The fraction of sp³-hybridized carbons (Fsp3) is 0.207. The Bertz CT molecular complexity index is 1420. The molecule has 0 spiro atoms. The number of aromatic carboxylic acids is 1. The van der Waals surface area contributed by atoms with E-state index < -0.39 is 11.9 Å². The molecule has 1 heterocycles. The summed E-state index contributed by atoms with van der Waals surface area (Å²) >= 11 is 0. The molecule has 4 N–H and O–H groups in total. The van der Waals surface area contributed by atoms with Gasteiger partial charge in [-0.2, -0.15) is 0 Å². The van der Waals surface area contributed by atoms with Crippen LogP contribution in [0.2, 0.25) is 0 Å². The van der Waals surface area contributed by atoms with E-state index in [0.29, 0.717) is 17.3 Å². The molecule has 8 heteroatoms. The third kappa shape index (κ3) is 6.30. The highest BCUT2D eigenvalue weighted by atomic mass is 16.5. The first-order valence-electron chi connectivity index (χ1n) is 11.9. The van der Waals surface area contributed by atoms with Crippen molar-refractivity contribution in [3.8, 4) is 16.9 Å². The topological polar surface area (TPSA) is 121 Å². The normalized spacial score (nSPS) is 11.8. The van der Waals surface area contributed by atoms with Gasteiger partial charge in [0.2, 0.25) is 0 Å². The predicted octanol–water partition coefficient (Wildman–Crippen LogP) is 4.01. The maximum absolute atomic E-state index is 13.1. The average Bonchev–Trinajstić information content (AvgIpc) is 2.89. The first-order chi connectivity index (χ1) is 17.9. The van der Waals surface area contributed by atoms with E-state index in [4.69, 9.17) is 4.74 Å². The molecule has 0 saturated carbocycles. The number of rotatable bonds is 10. The molecule has 3 aromatic carbocycles. The maximum atomic E-state index is 13.1. The summed E-state index contributed by atoms with van der Waals surface area (Å²) in [7, 11) is 3.42. The molecule has 0 bridgehead atoms. The van der Waals surface area contributed by atoms with Crippen LogP contribution < -0.4 is 10.6 Å². The molecule has 0 aliphatic heterocycles. The second-order valence-electron chi connectivity index (χ2n) is 8.82. The van der Waals surface area contributed by atoms with E-state index in [1.54, 1.807) is 43.5 Å². The zero-order valence-corrected chi connectivity index (χ0v) is 20.7. The number of hydrogen-bond donors (Lipinski definition) is 4. The second-order valence-corrected chi connectivity index (χ2v) is 8.82. The lowest BCUT2D eigenvalue weighted by Gasteiger charge is -2.18. The monoisotopic (exact) mass is 499 g/mol. The summed E-state index contributed by atoms with van der Waals surface area (Å²) in [6.07, 6.45) is 0.467. The first kappa shape index (κ1) is 25.8. The zero-order valence-electron chi connectivity index (χ0n) is 20.7. The number of fused-ring (bicyclic) bond motifs is 1. The number of aromatic hydroxyl groups is 1. The first-order valence-corrected chi connectivity index (χ1v) is 11.9. The number of nitrogens with one attached hydrogen (secondary N) is 2. The Morgan fingerprint density at radius 3 is 2.43 bits per heavy atom. The van der Waals surface area contributed by atoms with Gasteiger partial charge in [-0.1, -0.05) is 36.4 Å². The number of aromatic nitrogens is 1. The van der Waals surface area contributed by atoms with Crippen LogP contribution in [0.15, 0.2) is 72.8 Å². The van der Waals surface area contributed by atoms with E-state index in [2.05, 4.69) is 21.7 Å². The quantitative estimate of drug-likeness (QED) is 0.260. The van der Waals surface area contributed by atoms with Gasteiger partial charge in [0.15, 0.2) is 0 Å². The van der Waals surface area contributed by atoms with Gasteiger partial charge in [0, 0.05) is 19.0 Å². The molecule has 0 fully saturated rings. The summed E-state index contributed by atoms with van der Waals surface area (Å²) in [6.45, 7) is 0.973. The Balaban J connectivity index is 1.64. The molecule has 37 heavy (non-hydrogen) atoms. The van der Waals surface area contributed by atoms with Gasteiger partial charge in [-0.25, -0.2) is 9.78 Å². The molecule has 0 radical (unpaired) electrons. The summed E-state index contributed by atoms with van der Waals surface area (Å²) in [5, 5.41) is 25.9. The van der Waals surface area contributed by atoms with E-state index >= 15 is 0 Å². The number of ether oxygens (including phenoxy) is 1. The van der Waals surface area contributed by atoms with Crippen LogP contribution in [0.4, 0.5) is 0 Å².